The first-order valence-corrected chi connectivity index (χ1v) is 6.21. The van der Waals surface area contributed by atoms with Crippen molar-refractivity contribution in [1.29, 1.82) is 0 Å². The van der Waals surface area contributed by atoms with Crippen molar-refractivity contribution < 1.29 is 29.7 Å². The molecule has 6 N–H and O–H groups in total. The SMILES string of the molecule is C[C@H](NC(=O)[C@@H]1C[C@@H](O)CN1)C(=O)N[C@@H](CO)C(=O)O.Cl. The molecule has 10 heteroatoms. The second-order valence-corrected chi connectivity index (χ2v) is 4.66. The van der Waals surface area contributed by atoms with Gasteiger partial charge in [-0.05, 0) is 13.3 Å². The van der Waals surface area contributed by atoms with Gasteiger partial charge in [0.05, 0.1) is 18.8 Å². The molecular weight excluding hydrogens is 306 g/mol. The van der Waals surface area contributed by atoms with Gasteiger partial charge in [0, 0.05) is 6.54 Å². The third-order valence-electron chi connectivity index (χ3n) is 2.97. The number of aliphatic hydroxyl groups is 2. The highest BCUT2D eigenvalue weighted by atomic mass is 35.5. The maximum atomic E-state index is 11.8. The summed E-state index contributed by atoms with van der Waals surface area (Å²) in [6, 6.07) is -2.93. The molecule has 0 aromatic heterocycles. The molecule has 0 saturated carbocycles. The van der Waals surface area contributed by atoms with Crippen LogP contribution >= 0.6 is 12.4 Å². The van der Waals surface area contributed by atoms with Crippen LogP contribution in [0.1, 0.15) is 13.3 Å². The van der Waals surface area contributed by atoms with Crippen LogP contribution in [0, 0.1) is 0 Å². The van der Waals surface area contributed by atoms with Crippen molar-refractivity contribution >= 4 is 30.2 Å². The molecule has 9 nitrogen and oxygen atoms in total. The quantitative estimate of drug-likeness (QED) is 0.309. The molecule has 21 heavy (non-hydrogen) atoms. The number of carboxylic acids is 1. The molecule has 0 bridgehead atoms. The number of rotatable bonds is 6. The largest absolute Gasteiger partial charge is 0.480 e. The van der Waals surface area contributed by atoms with E-state index < -0.39 is 48.6 Å². The molecule has 2 amide bonds. The van der Waals surface area contributed by atoms with E-state index in [1.54, 1.807) is 0 Å². The maximum absolute atomic E-state index is 11.8. The number of nitrogens with one attached hydrogen (secondary N) is 3. The van der Waals surface area contributed by atoms with Crippen molar-refractivity contribution in [2.75, 3.05) is 13.2 Å². The highest BCUT2D eigenvalue weighted by Gasteiger charge is 2.30. The van der Waals surface area contributed by atoms with Gasteiger partial charge in [0.2, 0.25) is 11.8 Å². The molecule has 1 aliphatic heterocycles. The Kier molecular flexibility index (Phi) is 8.18. The zero-order chi connectivity index (χ0) is 15.3. The average molecular weight is 326 g/mol. The van der Waals surface area contributed by atoms with Crippen LogP contribution in [0.2, 0.25) is 0 Å². The monoisotopic (exact) mass is 325 g/mol. The lowest BCUT2D eigenvalue weighted by Crippen LogP contribution is -2.53. The number of halogens is 1. The van der Waals surface area contributed by atoms with E-state index in [1.807, 2.05) is 0 Å². The third kappa shape index (κ3) is 5.84. The third-order valence-corrected chi connectivity index (χ3v) is 2.97. The van der Waals surface area contributed by atoms with Crippen molar-refractivity contribution in [2.24, 2.45) is 0 Å². The Balaban J connectivity index is 0.00000400. The second-order valence-electron chi connectivity index (χ2n) is 4.66. The minimum absolute atomic E-state index is 0. The Morgan fingerprint density at radius 3 is 2.38 bits per heavy atom. The van der Waals surface area contributed by atoms with Crippen molar-refractivity contribution in [2.45, 2.75) is 37.6 Å². The van der Waals surface area contributed by atoms with Crippen molar-refractivity contribution in [1.82, 2.24) is 16.0 Å². The summed E-state index contributed by atoms with van der Waals surface area (Å²) in [4.78, 5) is 34.1. The first-order chi connectivity index (χ1) is 9.35. The van der Waals surface area contributed by atoms with Gasteiger partial charge in [-0.2, -0.15) is 0 Å². The van der Waals surface area contributed by atoms with Gasteiger partial charge in [0.15, 0.2) is 0 Å². The van der Waals surface area contributed by atoms with E-state index in [1.165, 1.54) is 6.92 Å². The molecule has 1 heterocycles. The van der Waals surface area contributed by atoms with Gasteiger partial charge in [0.1, 0.15) is 12.1 Å². The van der Waals surface area contributed by atoms with E-state index >= 15 is 0 Å². The van der Waals surface area contributed by atoms with Gasteiger partial charge in [-0.15, -0.1) is 12.4 Å². The standard InChI is InChI=1S/C11H19N3O6.ClH/c1-5(9(17)14-8(4-15)11(19)20)13-10(18)7-2-6(16)3-12-7;/h5-8,12,15-16H,2-4H2,1H3,(H,13,18)(H,14,17)(H,19,20);1H/t5-,6+,7-,8-;/m0./s1. The topological polar surface area (TPSA) is 148 Å². The number of amides is 2. The Bertz CT molecular complexity index is 394. The van der Waals surface area contributed by atoms with Crippen LogP contribution in [0.15, 0.2) is 0 Å². The molecule has 1 aliphatic rings. The smallest absolute Gasteiger partial charge is 0.328 e. The summed E-state index contributed by atoms with van der Waals surface area (Å²) in [7, 11) is 0. The van der Waals surface area contributed by atoms with Gasteiger partial charge in [-0.1, -0.05) is 0 Å². The van der Waals surface area contributed by atoms with E-state index in [0.29, 0.717) is 6.54 Å². The summed E-state index contributed by atoms with van der Waals surface area (Å²) in [6.45, 7) is 0.970. The molecule has 122 valence electrons. The van der Waals surface area contributed by atoms with E-state index in [-0.39, 0.29) is 18.8 Å². The van der Waals surface area contributed by atoms with Crippen LogP contribution in [0.5, 0.6) is 0 Å². The number of carbonyl (C=O) groups excluding carboxylic acids is 2. The molecule has 0 aromatic carbocycles. The van der Waals surface area contributed by atoms with Crippen LogP contribution < -0.4 is 16.0 Å². The lowest BCUT2D eigenvalue weighted by atomic mass is 10.1. The highest BCUT2D eigenvalue weighted by Crippen LogP contribution is 2.06. The number of hydrogen-bond acceptors (Lipinski definition) is 6. The van der Waals surface area contributed by atoms with Gasteiger partial charge < -0.3 is 31.3 Å². The molecule has 1 fully saturated rings. The summed E-state index contributed by atoms with van der Waals surface area (Å²) in [6.07, 6.45) is -0.338. The normalized spacial score (nSPS) is 23.6. The molecular formula is C11H20ClN3O6. The minimum Gasteiger partial charge on any atom is -0.480 e. The lowest BCUT2D eigenvalue weighted by molar-refractivity contribution is -0.143. The predicted octanol–water partition coefficient (Wildman–Crippen LogP) is -2.80. The second kappa shape index (κ2) is 8.78. The molecule has 0 spiro atoms. The molecule has 1 saturated heterocycles. The van der Waals surface area contributed by atoms with E-state index in [2.05, 4.69) is 16.0 Å². The molecule has 0 aromatic rings. The van der Waals surface area contributed by atoms with Gasteiger partial charge in [-0.3, -0.25) is 9.59 Å². The average Bonchev–Trinajstić information content (AvgIpc) is 2.81. The Labute approximate surface area is 127 Å². The minimum atomic E-state index is -1.41. The molecule has 1 rings (SSSR count). The Morgan fingerprint density at radius 2 is 1.95 bits per heavy atom. The fourth-order valence-corrected chi connectivity index (χ4v) is 1.78. The number of β-amino-alcohol motifs (C(OH)–C–C–N with tert-alkyl or cyclic N) is 1. The van der Waals surface area contributed by atoms with Crippen LogP contribution in [-0.4, -0.2) is 70.5 Å². The number of carboxylic acid groups (broad SMARTS) is 1. The van der Waals surface area contributed by atoms with Crippen LogP contribution in [-0.2, 0) is 14.4 Å². The first kappa shape index (κ1) is 19.6. The molecule has 0 radical (unpaired) electrons. The van der Waals surface area contributed by atoms with Crippen LogP contribution in [0.4, 0.5) is 0 Å². The predicted molar refractivity (Wildman–Crippen MR) is 73.9 cm³/mol. The summed E-state index contributed by atoms with van der Waals surface area (Å²) in [5, 5.41) is 34.1. The zero-order valence-corrected chi connectivity index (χ0v) is 12.2. The Morgan fingerprint density at radius 1 is 1.33 bits per heavy atom. The molecule has 0 aliphatic carbocycles. The Hall–Kier alpha value is -1.42. The summed E-state index contributed by atoms with van der Waals surface area (Å²) in [5.74, 6) is -2.52. The number of carbonyl (C=O) groups is 3. The van der Waals surface area contributed by atoms with Gasteiger partial charge in [-0.25, -0.2) is 4.79 Å². The van der Waals surface area contributed by atoms with Crippen molar-refractivity contribution in [3.8, 4) is 0 Å². The fourth-order valence-electron chi connectivity index (χ4n) is 1.78. The first-order valence-electron chi connectivity index (χ1n) is 6.21. The van der Waals surface area contributed by atoms with Crippen LogP contribution in [0.25, 0.3) is 0 Å². The van der Waals surface area contributed by atoms with E-state index in [0.717, 1.165) is 0 Å². The summed E-state index contributed by atoms with van der Waals surface area (Å²) < 4.78 is 0. The van der Waals surface area contributed by atoms with E-state index in [4.69, 9.17) is 10.2 Å². The number of aliphatic carboxylic acids is 1. The van der Waals surface area contributed by atoms with Gasteiger partial charge >= 0.3 is 5.97 Å². The molecule has 4 atom stereocenters. The summed E-state index contributed by atoms with van der Waals surface area (Å²) >= 11 is 0. The lowest BCUT2D eigenvalue weighted by Gasteiger charge is -2.19. The van der Waals surface area contributed by atoms with Gasteiger partial charge in [0.25, 0.3) is 0 Å². The zero-order valence-electron chi connectivity index (χ0n) is 11.4. The van der Waals surface area contributed by atoms with Crippen LogP contribution in [0.3, 0.4) is 0 Å². The highest BCUT2D eigenvalue weighted by molar-refractivity contribution is 5.91. The van der Waals surface area contributed by atoms with Crippen molar-refractivity contribution in [3.05, 3.63) is 0 Å². The number of hydrogen-bond donors (Lipinski definition) is 6. The van der Waals surface area contributed by atoms with E-state index in [9.17, 15) is 19.5 Å². The number of aliphatic hydroxyl groups excluding tert-OH is 2. The van der Waals surface area contributed by atoms with Crippen molar-refractivity contribution in [3.63, 3.8) is 0 Å². The summed E-state index contributed by atoms with van der Waals surface area (Å²) in [5.41, 5.74) is 0. The molecule has 0 unspecified atom stereocenters. The fraction of sp³-hybridized carbons (Fsp3) is 0.727. The maximum Gasteiger partial charge on any atom is 0.328 e.